The van der Waals surface area contributed by atoms with E-state index in [0.29, 0.717) is 29.8 Å². The first-order valence-electron chi connectivity index (χ1n) is 12.1. The van der Waals surface area contributed by atoms with Gasteiger partial charge in [-0.1, -0.05) is 42.5 Å². The van der Waals surface area contributed by atoms with E-state index in [9.17, 15) is 24.3 Å². The van der Waals surface area contributed by atoms with Gasteiger partial charge in [0.2, 0.25) is 17.7 Å². The molecule has 1 aliphatic heterocycles. The Kier molecular flexibility index (Phi) is 8.25. The average Bonchev–Trinajstić information content (AvgIpc) is 3.30. The highest BCUT2D eigenvalue weighted by atomic mass is 16.4. The minimum atomic E-state index is -1.05. The van der Waals surface area contributed by atoms with Crippen molar-refractivity contribution in [2.24, 2.45) is 5.92 Å². The Morgan fingerprint density at radius 3 is 2.59 bits per heavy atom. The number of anilines is 2. The molecule has 9 nitrogen and oxygen atoms in total. The van der Waals surface area contributed by atoms with Crippen LogP contribution in [0.4, 0.5) is 11.4 Å². The number of nitrogens with zero attached hydrogens (tertiary/aromatic N) is 2. The largest absolute Gasteiger partial charge is 0.481 e. The molecule has 190 valence electrons. The zero-order chi connectivity index (χ0) is 26.2. The van der Waals surface area contributed by atoms with Crippen molar-refractivity contribution in [3.63, 3.8) is 0 Å². The smallest absolute Gasteiger partial charge is 0.305 e. The molecule has 3 aromatic rings. The van der Waals surface area contributed by atoms with Crippen LogP contribution in [0.3, 0.4) is 0 Å². The number of rotatable bonds is 10. The molecule has 1 saturated heterocycles. The van der Waals surface area contributed by atoms with E-state index in [-0.39, 0.29) is 31.2 Å². The number of hydrogen-bond acceptors (Lipinski definition) is 5. The average molecular weight is 501 g/mol. The third kappa shape index (κ3) is 7.00. The Morgan fingerprint density at radius 2 is 1.86 bits per heavy atom. The van der Waals surface area contributed by atoms with Gasteiger partial charge in [-0.2, -0.15) is 0 Å². The lowest BCUT2D eigenvalue weighted by Crippen LogP contribution is -2.36. The Balaban J connectivity index is 1.37. The fourth-order valence-electron chi connectivity index (χ4n) is 4.31. The van der Waals surface area contributed by atoms with E-state index in [2.05, 4.69) is 15.6 Å². The van der Waals surface area contributed by atoms with Crippen LogP contribution in [-0.2, 0) is 25.6 Å². The summed E-state index contributed by atoms with van der Waals surface area (Å²) in [4.78, 5) is 55.0. The molecule has 2 unspecified atom stereocenters. The number of benzene rings is 2. The van der Waals surface area contributed by atoms with E-state index in [4.69, 9.17) is 0 Å². The van der Waals surface area contributed by atoms with E-state index in [1.807, 2.05) is 30.3 Å². The van der Waals surface area contributed by atoms with Crippen molar-refractivity contribution < 1.29 is 24.3 Å². The van der Waals surface area contributed by atoms with Gasteiger partial charge >= 0.3 is 5.97 Å². The van der Waals surface area contributed by atoms with Gasteiger partial charge in [-0.3, -0.25) is 24.2 Å². The lowest BCUT2D eigenvalue weighted by molar-refractivity contribution is -0.138. The van der Waals surface area contributed by atoms with Crippen LogP contribution in [0, 0.1) is 5.92 Å². The summed E-state index contributed by atoms with van der Waals surface area (Å²) in [5, 5.41) is 14.9. The van der Waals surface area contributed by atoms with Crippen molar-refractivity contribution in [1.82, 2.24) is 10.3 Å². The molecule has 0 spiro atoms. The first-order valence-corrected chi connectivity index (χ1v) is 12.1. The van der Waals surface area contributed by atoms with Crippen molar-refractivity contribution >= 4 is 35.1 Å². The zero-order valence-corrected chi connectivity index (χ0v) is 20.2. The molecule has 0 aliphatic carbocycles. The quantitative estimate of drug-likeness (QED) is 0.392. The van der Waals surface area contributed by atoms with Crippen molar-refractivity contribution in [3.8, 4) is 0 Å². The number of carboxylic acid groups (broad SMARTS) is 1. The van der Waals surface area contributed by atoms with E-state index < -0.39 is 23.8 Å². The molecular weight excluding hydrogens is 472 g/mol. The van der Waals surface area contributed by atoms with Crippen LogP contribution in [0.2, 0.25) is 0 Å². The van der Waals surface area contributed by atoms with Crippen LogP contribution in [0.25, 0.3) is 0 Å². The minimum Gasteiger partial charge on any atom is -0.481 e. The van der Waals surface area contributed by atoms with Crippen LogP contribution in [0.15, 0.2) is 79.1 Å². The first kappa shape index (κ1) is 25.6. The van der Waals surface area contributed by atoms with Crippen LogP contribution < -0.4 is 15.5 Å². The predicted molar refractivity (Wildman–Crippen MR) is 138 cm³/mol. The van der Waals surface area contributed by atoms with Crippen LogP contribution in [0.5, 0.6) is 0 Å². The summed E-state index contributed by atoms with van der Waals surface area (Å²) in [5.74, 6) is -2.43. The van der Waals surface area contributed by atoms with Crippen LogP contribution in [-0.4, -0.2) is 40.3 Å². The van der Waals surface area contributed by atoms with Crippen molar-refractivity contribution in [1.29, 1.82) is 0 Å². The molecule has 3 amide bonds. The molecule has 0 saturated carbocycles. The third-order valence-corrected chi connectivity index (χ3v) is 6.20. The Labute approximate surface area is 214 Å². The SMILES string of the molecule is O=C(O)CC(NC(=O)C1CC(=O)N(c2cccc(NC(=O)CCc3ccccc3)c2)C1)c1cccnc1. The third-order valence-electron chi connectivity index (χ3n) is 6.20. The Morgan fingerprint density at radius 1 is 1.05 bits per heavy atom. The number of amides is 3. The topological polar surface area (TPSA) is 129 Å². The Bertz CT molecular complexity index is 1270. The summed E-state index contributed by atoms with van der Waals surface area (Å²) < 4.78 is 0. The van der Waals surface area contributed by atoms with E-state index in [0.717, 1.165) is 5.56 Å². The number of hydrogen-bond donors (Lipinski definition) is 3. The summed E-state index contributed by atoms with van der Waals surface area (Å²) in [6, 6.07) is 19.3. The maximum atomic E-state index is 13.0. The van der Waals surface area contributed by atoms with Crippen LogP contribution in [0.1, 0.15) is 36.4 Å². The predicted octanol–water partition coefficient (Wildman–Crippen LogP) is 3.34. The number of nitrogens with one attached hydrogen (secondary N) is 2. The highest BCUT2D eigenvalue weighted by Crippen LogP contribution is 2.28. The zero-order valence-electron chi connectivity index (χ0n) is 20.2. The summed E-state index contributed by atoms with van der Waals surface area (Å²) in [5.41, 5.74) is 2.80. The summed E-state index contributed by atoms with van der Waals surface area (Å²) in [7, 11) is 0. The standard InChI is InChI=1S/C28H28N4O5/c33-25(12-11-19-6-2-1-3-7-19)30-22-9-4-10-23(15-22)32-18-21(14-26(32)34)28(37)31-24(16-27(35)36)20-8-5-13-29-17-20/h1-10,13,15,17,21,24H,11-12,14,16,18H2,(H,30,33)(H,31,37)(H,35,36). The van der Waals surface area contributed by atoms with Crippen LogP contribution >= 0.6 is 0 Å². The monoisotopic (exact) mass is 500 g/mol. The molecule has 1 aliphatic rings. The second kappa shape index (κ2) is 11.9. The summed E-state index contributed by atoms with van der Waals surface area (Å²) in [6.45, 7) is 0.156. The van der Waals surface area contributed by atoms with Crippen molar-refractivity contribution in [2.75, 3.05) is 16.8 Å². The maximum absolute atomic E-state index is 13.0. The first-order chi connectivity index (χ1) is 17.9. The van der Waals surface area contributed by atoms with Gasteiger partial charge in [0.1, 0.15) is 0 Å². The van der Waals surface area contributed by atoms with Gasteiger partial charge < -0.3 is 20.6 Å². The fraction of sp³-hybridized carbons (Fsp3) is 0.250. The van der Waals surface area contributed by atoms with E-state index in [1.165, 1.54) is 11.1 Å². The molecule has 0 bridgehead atoms. The molecule has 37 heavy (non-hydrogen) atoms. The normalized spacial score (nSPS) is 15.7. The summed E-state index contributed by atoms with van der Waals surface area (Å²) in [6.07, 6.45) is 3.74. The number of carbonyl (C=O) groups is 4. The molecule has 2 aromatic carbocycles. The molecule has 1 aromatic heterocycles. The number of carbonyl (C=O) groups excluding carboxylic acids is 3. The fourth-order valence-corrected chi connectivity index (χ4v) is 4.31. The van der Waals surface area contributed by atoms with Gasteiger partial charge in [-0.05, 0) is 41.8 Å². The van der Waals surface area contributed by atoms with E-state index >= 15 is 0 Å². The Hall–Kier alpha value is -4.53. The second-order valence-corrected chi connectivity index (χ2v) is 8.93. The highest BCUT2D eigenvalue weighted by Gasteiger charge is 2.36. The molecule has 1 fully saturated rings. The number of pyridine rings is 1. The lowest BCUT2D eigenvalue weighted by atomic mass is 10.0. The van der Waals surface area contributed by atoms with Gasteiger partial charge in [-0.25, -0.2) is 0 Å². The van der Waals surface area contributed by atoms with Crippen molar-refractivity contribution in [2.45, 2.75) is 31.7 Å². The van der Waals surface area contributed by atoms with Gasteiger partial charge in [0.15, 0.2) is 0 Å². The number of aliphatic carboxylic acids is 1. The van der Waals surface area contributed by atoms with Gasteiger partial charge in [0.25, 0.3) is 0 Å². The second-order valence-electron chi connectivity index (χ2n) is 8.93. The highest BCUT2D eigenvalue weighted by molar-refractivity contribution is 6.01. The molecule has 9 heteroatoms. The molecule has 0 radical (unpaired) electrons. The maximum Gasteiger partial charge on any atom is 0.305 e. The molecular formula is C28H28N4O5. The number of aryl methyl sites for hydroxylation is 1. The summed E-state index contributed by atoms with van der Waals surface area (Å²) >= 11 is 0. The molecule has 2 atom stereocenters. The minimum absolute atomic E-state index is 0.00628. The number of carboxylic acids is 1. The molecule has 3 N–H and O–H groups in total. The lowest BCUT2D eigenvalue weighted by Gasteiger charge is -2.20. The number of aromatic nitrogens is 1. The van der Waals surface area contributed by atoms with Gasteiger partial charge in [0.05, 0.1) is 18.4 Å². The van der Waals surface area contributed by atoms with Gasteiger partial charge in [-0.15, -0.1) is 0 Å². The van der Waals surface area contributed by atoms with Gasteiger partial charge in [0, 0.05) is 43.2 Å². The molecule has 2 heterocycles. The van der Waals surface area contributed by atoms with E-state index in [1.54, 1.807) is 42.6 Å². The molecule has 4 rings (SSSR count). The van der Waals surface area contributed by atoms with Crippen molar-refractivity contribution in [3.05, 3.63) is 90.3 Å².